The zero-order valence-electron chi connectivity index (χ0n) is 9.08. The Morgan fingerprint density at radius 2 is 1.81 bits per heavy atom. The molecule has 0 fully saturated rings. The molecule has 0 aliphatic heterocycles. The maximum Gasteiger partial charge on any atom is 0.416 e. The van der Waals surface area contributed by atoms with Crippen LogP contribution in [0.3, 0.4) is 0 Å². The van der Waals surface area contributed by atoms with Crippen LogP contribution in [0, 0.1) is 0 Å². The lowest BCUT2D eigenvalue weighted by Gasteiger charge is -2.22. The lowest BCUT2D eigenvalue weighted by Crippen LogP contribution is -2.27. The highest BCUT2D eigenvalue weighted by Crippen LogP contribution is 2.34. The Morgan fingerprint density at radius 3 is 2.31 bits per heavy atom. The molecule has 1 aromatic rings. The van der Waals surface area contributed by atoms with Crippen LogP contribution in [0.25, 0.3) is 0 Å². The number of hydrogen-bond donors (Lipinski definition) is 1. The molecule has 5 heteroatoms. The van der Waals surface area contributed by atoms with E-state index in [1.165, 1.54) is 25.3 Å². The smallest absolute Gasteiger partial charge is 0.380 e. The van der Waals surface area contributed by atoms with Crippen molar-refractivity contribution in [2.24, 2.45) is 5.73 Å². The summed E-state index contributed by atoms with van der Waals surface area (Å²) >= 11 is 0. The fourth-order valence-electron chi connectivity index (χ4n) is 1.45. The van der Waals surface area contributed by atoms with Crippen molar-refractivity contribution in [3.63, 3.8) is 0 Å². The summed E-state index contributed by atoms with van der Waals surface area (Å²) in [4.78, 5) is 0. The number of rotatable bonds is 3. The first-order valence-electron chi connectivity index (χ1n) is 4.82. The van der Waals surface area contributed by atoms with Gasteiger partial charge in [-0.3, -0.25) is 0 Å². The molecule has 0 amide bonds. The summed E-state index contributed by atoms with van der Waals surface area (Å²) in [5.41, 5.74) is 5.08. The summed E-state index contributed by atoms with van der Waals surface area (Å²) < 4.78 is 43.0. The molecule has 0 saturated carbocycles. The van der Waals surface area contributed by atoms with E-state index in [-0.39, 0.29) is 5.56 Å². The van der Waals surface area contributed by atoms with Crippen molar-refractivity contribution in [1.29, 1.82) is 0 Å². The fourth-order valence-corrected chi connectivity index (χ4v) is 1.45. The topological polar surface area (TPSA) is 35.2 Å². The van der Waals surface area contributed by atoms with Crippen molar-refractivity contribution < 1.29 is 17.9 Å². The highest BCUT2D eigenvalue weighted by atomic mass is 19.4. The number of ether oxygens (including phenoxy) is 1. The third kappa shape index (κ3) is 2.74. The number of hydrogen-bond acceptors (Lipinski definition) is 2. The Balaban J connectivity index is 3.13. The molecule has 0 spiro atoms. The molecule has 0 aromatic heterocycles. The average Bonchev–Trinajstić information content (AvgIpc) is 2.26. The molecule has 2 atom stereocenters. The van der Waals surface area contributed by atoms with E-state index in [1.54, 1.807) is 6.92 Å². The van der Waals surface area contributed by atoms with Crippen LogP contribution < -0.4 is 5.73 Å². The highest BCUT2D eigenvalue weighted by Gasteiger charge is 2.35. The Bertz CT molecular complexity index is 351. The molecule has 2 nitrogen and oxygen atoms in total. The molecule has 2 unspecified atom stereocenters. The molecule has 0 aliphatic carbocycles. The predicted molar refractivity (Wildman–Crippen MR) is 54.8 cm³/mol. The van der Waals surface area contributed by atoms with Gasteiger partial charge < -0.3 is 10.5 Å². The first kappa shape index (κ1) is 13.0. The summed E-state index contributed by atoms with van der Waals surface area (Å²) in [6.45, 7) is 1.64. The van der Waals surface area contributed by atoms with E-state index in [0.29, 0.717) is 0 Å². The highest BCUT2D eigenvalue weighted by molar-refractivity contribution is 5.32. The van der Waals surface area contributed by atoms with Gasteiger partial charge in [-0.05, 0) is 18.6 Å². The van der Waals surface area contributed by atoms with Gasteiger partial charge in [0, 0.05) is 7.11 Å². The molecule has 90 valence electrons. The second-order valence-corrected chi connectivity index (χ2v) is 3.55. The molecular weight excluding hydrogens is 219 g/mol. The minimum Gasteiger partial charge on any atom is -0.380 e. The van der Waals surface area contributed by atoms with E-state index < -0.39 is 23.9 Å². The van der Waals surface area contributed by atoms with Gasteiger partial charge in [-0.15, -0.1) is 0 Å². The molecule has 1 aromatic carbocycles. The molecule has 0 heterocycles. The standard InChI is InChI=1S/C11H14F3NO/c1-7(16-2)10(15)8-5-3-4-6-9(8)11(12,13)14/h3-7,10H,15H2,1-2H3. The molecule has 0 bridgehead atoms. The van der Waals surface area contributed by atoms with Gasteiger partial charge in [0.05, 0.1) is 17.7 Å². The summed E-state index contributed by atoms with van der Waals surface area (Å²) in [7, 11) is 1.42. The van der Waals surface area contributed by atoms with Crippen molar-refractivity contribution in [3.8, 4) is 0 Å². The summed E-state index contributed by atoms with van der Waals surface area (Å²) in [5, 5.41) is 0. The van der Waals surface area contributed by atoms with Crippen LogP contribution in [0.2, 0.25) is 0 Å². The minimum absolute atomic E-state index is 0.0596. The van der Waals surface area contributed by atoms with Crippen LogP contribution in [-0.4, -0.2) is 13.2 Å². The molecular formula is C11H14F3NO. The summed E-state index contributed by atoms with van der Waals surface area (Å²) in [6, 6.07) is 4.49. The zero-order valence-corrected chi connectivity index (χ0v) is 9.08. The molecule has 0 aliphatic rings. The van der Waals surface area contributed by atoms with Gasteiger partial charge in [-0.25, -0.2) is 0 Å². The number of benzene rings is 1. The zero-order chi connectivity index (χ0) is 12.3. The lowest BCUT2D eigenvalue weighted by molar-refractivity contribution is -0.138. The second kappa shape index (κ2) is 4.84. The second-order valence-electron chi connectivity index (χ2n) is 3.55. The Labute approximate surface area is 92.2 Å². The molecule has 0 saturated heterocycles. The average molecular weight is 233 g/mol. The van der Waals surface area contributed by atoms with Crippen LogP contribution in [0.5, 0.6) is 0 Å². The molecule has 0 radical (unpaired) electrons. The van der Waals surface area contributed by atoms with Crippen LogP contribution in [-0.2, 0) is 10.9 Å². The Kier molecular flexibility index (Phi) is 3.93. The van der Waals surface area contributed by atoms with Crippen LogP contribution >= 0.6 is 0 Å². The number of methoxy groups -OCH3 is 1. The van der Waals surface area contributed by atoms with Gasteiger partial charge in [-0.1, -0.05) is 18.2 Å². The van der Waals surface area contributed by atoms with Gasteiger partial charge in [-0.2, -0.15) is 13.2 Å². The van der Waals surface area contributed by atoms with Crippen LogP contribution in [0.1, 0.15) is 24.1 Å². The van der Waals surface area contributed by atoms with Gasteiger partial charge in [0.2, 0.25) is 0 Å². The number of halogens is 3. The maximum atomic E-state index is 12.7. The van der Waals surface area contributed by atoms with E-state index in [9.17, 15) is 13.2 Å². The normalized spacial score (nSPS) is 15.9. The van der Waals surface area contributed by atoms with Crippen LogP contribution in [0.4, 0.5) is 13.2 Å². The van der Waals surface area contributed by atoms with Crippen molar-refractivity contribution >= 4 is 0 Å². The third-order valence-electron chi connectivity index (χ3n) is 2.50. The van der Waals surface area contributed by atoms with Gasteiger partial charge in [0.1, 0.15) is 0 Å². The first-order valence-corrected chi connectivity index (χ1v) is 4.82. The van der Waals surface area contributed by atoms with Crippen molar-refractivity contribution in [2.45, 2.75) is 25.2 Å². The summed E-state index contributed by atoms with van der Waals surface area (Å²) in [6.07, 6.45) is -4.86. The SMILES string of the molecule is COC(C)C(N)c1ccccc1C(F)(F)F. The Morgan fingerprint density at radius 1 is 1.25 bits per heavy atom. The summed E-state index contributed by atoms with van der Waals surface area (Å²) in [5.74, 6) is 0. The van der Waals surface area contributed by atoms with Crippen LogP contribution in [0.15, 0.2) is 24.3 Å². The molecule has 16 heavy (non-hydrogen) atoms. The first-order chi connectivity index (χ1) is 7.38. The quantitative estimate of drug-likeness (QED) is 0.871. The van der Waals surface area contributed by atoms with Gasteiger partial charge in [0.25, 0.3) is 0 Å². The van der Waals surface area contributed by atoms with Crippen molar-refractivity contribution in [3.05, 3.63) is 35.4 Å². The number of alkyl halides is 3. The minimum atomic E-state index is -4.39. The van der Waals surface area contributed by atoms with Gasteiger partial charge in [0.15, 0.2) is 0 Å². The van der Waals surface area contributed by atoms with Crippen molar-refractivity contribution in [2.75, 3.05) is 7.11 Å². The molecule has 1 rings (SSSR count). The molecule has 2 N–H and O–H groups in total. The van der Waals surface area contributed by atoms with E-state index in [0.717, 1.165) is 6.07 Å². The Hall–Kier alpha value is -1.07. The monoisotopic (exact) mass is 233 g/mol. The van der Waals surface area contributed by atoms with E-state index in [1.807, 2.05) is 0 Å². The largest absolute Gasteiger partial charge is 0.416 e. The van der Waals surface area contributed by atoms with Crippen molar-refractivity contribution in [1.82, 2.24) is 0 Å². The fraction of sp³-hybridized carbons (Fsp3) is 0.455. The lowest BCUT2D eigenvalue weighted by atomic mass is 9.97. The number of nitrogens with two attached hydrogens (primary N) is 1. The predicted octanol–water partition coefficient (Wildman–Crippen LogP) is 2.74. The van der Waals surface area contributed by atoms with E-state index in [2.05, 4.69) is 0 Å². The van der Waals surface area contributed by atoms with E-state index in [4.69, 9.17) is 10.5 Å². The maximum absolute atomic E-state index is 12.7. The van der Waals surface area contributed by atoms with Gasteiger partial charge >= 0.3 is 6.18 Å². The third-order valence-corrected chi connectivity index (χ3v) is 2.50. The van der Waals surface area contributed by atoms with E-state index >= 15 is 0 Å².